The van der Waals surface area contributed by atoms with Gasteiger partial charge in [0.25, 0.3) is 0 Å². The molecule has 1 nitrogen and oxygen atoms in total. The van der Waals surface area contributed by atoms with Crippen molar-refractivity contribution in [1.29, 1.82) is 0 Å². The van der Waals surface area contributed by atoms with Crippen LogP contribution in [0.25, 0.3) is 11.1 Å². The summed E-state index contributed by atoms with van der Waals surface area (Å²) in [6.07, 6.45) is 0. The second-order valence-corrected chi connectivity index (χ2v) is 3.96. The topological polar surface area (TPSA) is 20.2 Å². The lowest BCUT2D eigenvalue weighted by Crippen LogP contribution is -1.80. The van der Waals surface area contributed by atoms with Crippen molar-refractivity contribution in [2.75, 3.05) is 0 Å². The third-order valence-electron chi connectivity index (χ3n) is 2.12. The van der Waals surface area contributed by atoms with Crippen molar-refractivity contribution in [2.24, 2.45) is 0 Å². The molecule has 0 heterocycles. The smallest absolute Gasteiger partial charge is 0.117 e. The van der Waals surface area contributed by atoms with Crippen molar-refractivity contribution >= 4 is 23.2 Å². The molecule has 0 unspecified atom stereocenters. The van der Waals surface area contributed by atoms with Crippen molar-refractivity contribution < 1.29 is 5.11 Å². The summed E-state index contributed by atoms with van der Waals surface area (Å²) in [6.45, 7) is 0. The van der Waals surface area contributed by atoms with Gasteiger partial charge in [-0.25, -0.2) is 0 Å². The van der Waals surface area contributed by atoms with Gasteiger partial charge in [0.15, 0.2) is 0 Å². The average Bonchev–Trinajstić information content (AvgIpc) is 2.20. The number of rotatable bonds is 1. The molecule has 2 aromatic carbocycles. The molecule has 76 valence electrons. The molecule has 0 bridgehead atoms. The Kier molecular flexibility index (Phi) is 2.85. The molecular weight excluding hydrogens is 231 g/mol. The lowest BCUT2D eigenvalue weighted by Gasteiger charge is -2.06. The summed E-state index contributed by atoms with van der Waals surface area (Å²) in [5.74, 6) is 0.149. The molecule has 2 aromatic rings. The Morgan fingerprint density at radius 3 is 2.13 bits per heavy atom. The summed E-state index contributed by atoms with van der Waals surface area (Å²) in [5.41, 5.74) is 1.68. The Bertz CT molecular complexity index is 495. The molecule has 15 heavy (non-hydrogen) atoms. The van der Waals surface area contributed by atoms with Crippen LogP contribution < -0.4 is 0 Å². The fourth-order valence-corrected chi connectivity index (χ4v) is 1.92. The molecule has 0 aromatic heterocycles. The molecule has 0 amide bonds. The monoisotopic (exact) mass is 238 g/mol. The molecular formula is C12H8Cl2O. The minimum absolute atomic E-state index is 0.149. The van der Waals surface area contributed by atoms with Crippen LogP contribution in [0.4, 0.5) is 0 Å². The zero-order chi connectivity index (χ0) is 10.8. The van der Waals surface area contributed by atoms with E-state index < -0.39 is 0 Å². The number of halogens is 2. The van der Waals surface area contributed by atoms with E-state index in [2.05, 4.69) is 0 Å². The zero-order valence-electron chi connectivity index (χ0n) is 7.74. The molecule has 0 aliphatic rings. The first-order chi connectivity index (χ1) is 7.18. The summed E-state index contributed by atoms with van der Waals surface area (Å²) >= 11 is 12.1. The van der Waals surface area contributed by atoms with Crippen LogP contribution >= 0.6 is 23.2 Å². The second kappa shape index (κ2) is 4.13. The van der Waals surface area contributed by atoms with Gasteiger partial charge in [-0.2, -0.15) is 0 Å². The summed E-state index contributed by atoms with van der Waals surface area (Å²) in [6, 6.07) is 12.3. The van der Waals surface area contributed by atoms with E-state index >= 15 is 0 Å². The molecule has 0 radical (unpaired) electrons. The zero-order valence-corrected chi connectivity index (χ0v) is 9.26. The fourth-order valence-electron chi connectivity index (χ4n) is 1.40. The van der Waals surface area contributed by atoms with Crippen LogP contribution in [0.3, 0.4) is 0 Å². The van der Waals surface area contributed by atoms with Crippen LogP contribution in [0.2, 0.25) is 10.0 Å². The van der Waals surface area contributed by atoms with E-state index in [0.717, 1.165) is 11.1 Å². The Morgan fingerprint density at radius 1 is 0.800 bits per heavy atom. The van der Waals surface area contributed by atoms with Crippen molar-refractivity contribution in [1.82, 2.24) is 0 Å². The van der Waals surface area contributed by atoms with Crippen molar-refractivity contribution in [2.45, 2.75) is 0 Å². The van der Waals surface area contributed by atoms with E-state index in [4.69, 9.17) is 23.2 Å². The van der Waals surface area contributed by atoms with Crippen LogP contribution in [0.15, 0.2) is 42.5 Å². The van der Waals surface area contributed by atoms with Crippen molar-refractivity contribution in [3.63, 3.8) is 0 Å². The first kappa shape index (κ1) is 10.3. The van der Waals surface area contributed by atoms with E-state index in [1.807, 2.05) is 18.2 Å². The lowest BCUT2D eigenvalue weighted by molar-refractivity contribution is 0.475. The van der Waals surface area contributed by atoms with Gasteiger partial charge >= 0.3 is 0 Å². The maximum Gasteiger partial charge on any atom is 0.117 e. The minimum atomic E-state index is 0.149. The van der Waals surface area contributed by atoms with Crippen molar-refractivity contribution in [3.05, 3.63) is 52.5 Å². The van der Waals surface area contributed by atoms with Gasteiger partial charge in [0, 0.05) is 16.1 Å². The van der Waals surface area contributed by atoms with Crippen molar-refractivity contribution in [3.8, 4) is 16.9 Å². The first-order valence-corrected chi connectivity index (χ1v) is 5.17. The molecule has 0 fully saturated rings. The van der Waals surface area contributed by atoms with Gasteiger partial charge in [-0.1, -0.05) is 41.4 Å². The number of hydrogen-bond donors (Lipinski definition) is 1. The van der Waals surface area contributed by atoms with Gasteiger partial charge in [0.05, 0.1) is 5.02 Å². The molecule has 3 heteroatoms. The first-order valence-electron chi connectivity index (χ1n) is 4.42. The quantitative estimate of drug-likeness (QED) is 0.783. The number of benzene rings is 2. The second-order valence-electron chi connectivity index (χ2n) is 3.14. The van der Waals surface area contributed by atoms with Gasteiger partial charge in [-0.15, -0.1) is 0 Å². The highest BCUT2D eigenvalue weighted by molar-refractivity contribution is 6.36. The maximum atomic E-state index is 9.24. The van der Waals surface area contributed by atoms with Gasteiger partial charge in [0.1, 0.15) is 5.75 Å². The molecule has 0 spiro atoms. The van der Waals surface area contributed by atoms with E-state index in [1.54, 1.807) is 18.2 Å². The number of aromatic hydroxyl groups is 1. The summed E-state index contributed by atoms with van der Waals surface area (Å²) < 4.78 is 0. The van der Waals surface area contributed by atoms with Gasteiger partial charge < -0.3 is 5.11 Å². The summed E-state index contributed by atoms with van der Waals surface area (Å²) in [7, 11) is 0. The predicted octanol–water partition coefficient (Wildman–Crippen LogP) is 4.37. The number of hydrogen-bond acceptors (Lipinski definition) is 1. The Morgan fingerprint density at radius 2 is 1.47 bits per heavy atom. The standard InChI is InChI=1S/C12H8Cl2O/c13-11-4-2-1-3-9(11)10-6-5-8(15)7-12(10)14/h1-7,15H. The largest absolute Gasteiger partial charge is 0.508 e. The molecule has 0 saturated carbocycles. The Hall–Kier alpha value is -1.18. The van der Waals surface area contributed by atoms with Gasteiger partial charge in [-0.05, 0) is 24.3 Å². The third-order valence-corrected chi connectivity index (χ3v) is 2.76. The van der Waals surface area contributed by atoms with Crippen LogP contribution in [0, 0.1) is 0 Å². The number of phenols is 1. The normalized spacial score (nSPS) is 10.3. The number of phenolic OH excluding ortho intramolecular Hbond substituents is 1. The van der Waals surface area contributed by atoms with E-state index in [1.165, 1.54) is 6.07 Å². The van der Waals surface area contributed by atoms with Crippen LogP contribution in [-0.4, -0.2) is 5.11 Å². The van der Waals surface area contributed by atoms with E-state index in [-0.39, 0.29) is 5.75 Å². The van der Waals surface area contributed by atoms with E-state index in [0.29, 0.717) is 10.0 Å². The summed E-state index contributed by atoms with van der Waals surface area (Å²) in [4.78, 5) is 0. The highest BCUT2D eigenvalue weighted by Crippen LogP contribution is 2.34. The third kappa shape index (κ3) is 2.09. The molecule has 2 rings (SSSR count). The Labute approximate surface area is 97.9 Å². The molecule has 1 N–H and O–H groups in total. The lowest BCUT2D eigenvalue weighted by atomic mass is 10.1. The van der Waals surface area contributed by atoms with Crippen LogP contribution in [-0.2, 0) is 0 Å². The van der Waals surface area contributed by atoms with Gasteiger partial charge in [-0.3, -0.25) is 0 Å². The highest BCUT2D eigenvalue weighted by Gasteiger charge is 2.07. The average molecular weight is 239 g/mol. The minimum Gasteiger partial charge on any atom is -0.508 e. The SMILES string of the molecule is Oc1ccc(-c2ccccc2Cl)c(Cl)c1. The van der Waals surface area contributed by atoms with Crippen LogP contribution in [0.5, 0.6) is 5.75 Å². The summed E-state index contributed by atoms with van der Waals surface area (Å²) in [5, 5.41) is 10.4. The molecule has 0 aliphatic carbocycles. The van der Waals surface area contributed by atoms with E-state index in [9.17, 15) is 5.11 Å². The molecule has 0 saturated heterocycles. The maximum absolute atomic E-state index is 9.24. The van der Waals surface area contributed by atoms with Crippen LogP contribution in [0.1, 0.15) is 0 Å². The predicted molar refractivity (Wildman–Crippen MR) is 63.6 cm³/mol. The highest BCUT2D eigenvalue weighted by atomic mass is 35.5. The van der Waals surface area contributed by atoms with Gasteiger partial charge in [0.2, 0.25) is 0 Å². The Balaban J connectivity index is 2.60. The molecule has 0 atom stereocenters. The fraction of sp³-hybridized carbons (Fsp3) is 0. The molecule has 0 aliphatic heterocycles.